The fraction of sp³-hybridized carbons (Fsp3) is 0.487. The van der Waals surface area contributed by atoms with Crippen molar-refractivity contribution >= 4 is 17.8 Å². The highest BCUT2D eigenvalue weighted by atomic mass is 16.5. The van der Waals surface area contributed by atoms with E-state index in [1.54, 1.807) is 19.2 Å². The third kappa shape index (κ3) is 10.2. The van der Waals surface area contributed by atoms with E-state index in [2.05, 4.69) is 20.5 Å². The zero-order chi connectivity index (χ0) is 35.9. The van der Waals surface area contributed by atoms with Crippen molar-refractivity contribution in [2.24, 2.45) is 5.92 Å². The number of benzene rings is 2. The zero-order valence-corrected chi connectivity index (χ0v) is 29.6. The number of pyridine rings is 1. The number of β-amino-alcohol motifs (C(OH)–C–C–N with tert-alkyl or cyclic N) is 1. The van der Waals surface area contributed by atoms with Crippen molar-refractivity contribution in [3.63, 3.8) is 0 Å². The van der Waals surface area contributed by atoms with Crippen LogP contribution in [0.15, 0.2) is 72.9 Å². The number of aliphatic hydroxyl groups is 2. The Balaban J connectivity index is 1.26. The lowest BCUT2D eigenvalue weighted by molar-refractivity contribution is -0.135. The minimum absolute atomic E-state index is 0.133. The van der Waals surface area contributed by atoms with E-state index in [-0.39, 0.29) is 37.1 Å². The molecule has 1 aromatic heterocycles. The largest absolute Gasteiger partial charge is 0.461 e. The Kier molecular flexibility index (Phi) is 12.1. The Morgan fingerprint density at radius 3 is 2.28 bits per heavy atom. The highest BCUT2D eigenvalue weighted by Gasteiger charge is 2.39. The summed E-state index contributed by atoms with van der Waals surface area (Å²) in [6.07, 6.45) is 1.98. The van der Waals surface area contributed by atoms with Gasteiger partial charge in [0.25, 0.3) is 0 Å². The van der Waals surface area contributed by atoms with Crippen LogP contribution in [0.2, 0.25) is 0 Å². The van der Waals surface area contributed by atoms with Crippen LogP contribution in [-0.4, -0.2) is 99.0 Å². The number of aromatic nitrogens is 1. The molecule has 3 aromatic rings. The third-order valence-corrected chi connectivity index (χ3v) is 9.23. The van der Waals surface area contributed by atoms with Gasteiger partial charge >= 0.3 is 5.97 Å². The minimum Gasteiger partial charge on any atom is -0.461 e. The molecular weight excluding hydrogens is 634 g/mol. The number of hydrogen-bond acceptors (Lipinski definition) is 9. The molecule has 5 rings (SSSR count). The number of amides is 2. The zero-order valence-electron chi connectivity index (χ0n) is 29.6. The molecule has 2 heterocycles. The molecule has 1 fully saturated rings. The van der Waals surface area contributed by atoms with E-state index >= 15 is 0 Å². The molecule has 1 aliphatic heterocycles. The van der Waals surface area contributed by atoms with Crippen LogP contribution < -0.4 is 10.6 Å². The molecule has 4 N–H and O–H groups in total. The van der Waals surface area contributed by atoms with Crippen molar-refractivity contribution in [1.29, 1.82) is 0 Å². The van der Waals surface area contributed by atoms with Gasteiger partial charge < -0.3 is 25.6 Å². The average Bonchev–Trinajstić information content (AvgIpc) is 3.40. The predicted octanol–water partition coefficient (Wildman–Crippen LogP) is 2.87. The molecule has 11 heteroatoms. The van der Waals surface area contributed by atoms with E-state index in [1.165, 1.54) is 0 Å². The Labute approximate surface area is 295 Å². The Morgan fingerprint density at radius 1 is 0.980 bits per heavy atom. The van der Waals surface area contributed by atoms with E-state index < -0.39 is 35.3 Å². The van der Waals surface area contributed by atoms with Crippen LogP contribution in [0.3, 0.4) is 0 Å². The van der Waals surface area contributed by atoms with Crippen molar-refractivity contribution in [2.45, 2.75) is 83.3 Å². The summed E-state index contributed by atoms with van der Waals surface area (Å²) in [5.74, 6) is -1.51. The molecule has 0 saturated carbocycles. The second kappa shape index (κ2) is 16.2. The van der Waals surface area contributed by atoms with Crippen LogP contribution in [0.5, 0.6) is 0 Å². The van der Waals surface area contributed by atoms with Gasteiger partial charge in [-0.25, -0.2) is 9.78 Å². The van der Waals surface area contributed by atoms with Gasteiger partial charge in [0.05, 0.1) is 12.7 Å². The van der Waals surface area contributed by atoms with E-state index in [0.29, 0.717) is 45.4 Å². The molecule has 2 amide bonds. The maximum Gasteiger partial charge on any atom is 0.356 e. The van der Waals surface area contributed by atoms with E-state index in [9.17, 15) is 24.6 Å². The molecule has 3 atom stereocenters. The van der Waals surface area contributed by atoms with Crippen molar-refractivity contribution < 1.29 is 29.3 Å². The van der Waals surface area contributed by atoms with Gasteiger partial charge in [0.1, 0.15) is 17.5 Å². The molecule has 0 bridgehead atoms. The minimum atomic E-state index is -1.39. The summed E-state index contributed by atoms with van der Waals surface area (Å²) in [6, 6.07) is 20.4. The van der Waals surface area contributed by atoms with Gasteiger partial charge in [-0.15, -0.1) is 0 Å². The van der Waals surface area contributed by atoms with Crippen molar-refractivity contribution in [3.8, 4) is 0 Å². The first-order valence-electron chi connectivity index (χ1n) is 17.5. The summed E-state index contributed by atoms with van der Waals surface area (Å²) in [5, 5.41) is 29.0. The van der Waals surface area contributed by atoms with E-state index in [1.807, 2.05) is 86.3 Å². The van der Waals surface area contributed by atoms with Gasteiger partial charge in [-0.3, -0.25) is 19.4 Å². The lowest BCUT2D eigenvalue weighted by Crippen LogP contribution is -2.62. The second-order valence-electron chi connectivity index (χ2n) is 14.7. The highest BCUT2D eigenvalue weighted by molar-refractivity contribution is 5.87. The predicted molar refractivity (Wildman–Crippen MR) is 190 cm³/mol. The second-order valence-corrected chi connectivity index (χ2v) is 14.7. The Morgan fingerprint density at radius 2 is 1.66 bits per heavy atom. The monoisotopic (exact) mass is 685 g/mol. The smallest absolute Gasteiger partial charge is 0.356 e. The number of ether oxygens (including phenoxy) is 1. The SMILES string of the molecule is CCOC(=O)c1ccc(CN2CCN(CC(O)CC(Cc3ccccc3)C(=O)NC3(O)Cc4ccccc4C3)C(C(=O)NC(C)(C)C)C2)cn1. The fourth-order valence-electron chi connectivity index (χ4n) is 6.91. The van der Waals surface area contributed by atoms with Gasteiger partial charge in [0.2, 0.25) is 11.8 Å². The molecule has 0 radical (unpaired) electrons. The van der Waals surface area contributed by atoms with Gasteiger partial charge in [0.15, 0.2) is 0 Å². The normalized spacial score (nSPS) is 18.9. The number of nitrogens with one attached hydrogen (secondary N) is 2. The summed E-state index contributed by atoms with van der Waals surface area (Å²) in [6.45, 7) is 10.2. The number of carbonyl (C=O) groups is 3. The quantitative estimate of drug-likeness (QED) is 0.158. The lowest BCUT2D eigenvalue weighted by atomic mass is 9.91. The van der Waals surface area contributed by atoms with Gasteiger partial charge in [-0.1, -0.05) is 60.7 Å². The van der Waals surface area contributed by atoms with Crippen LogP contribution in [0.25, 0.3) is 0 Å². The number of piperazine rings is 1. The Bertz CT molecular complexity index is 1580. The number of nitrogens with zero attached hydrogens (tertiary/aromatic N) is 3. The summed E-state index contributed by atoms with van der Waals surface area (Å²) >= 11 is 0. The summed E-state index contributed by atoms with van der Waals surface area (Å²) in [4.78, 5) is 48.0. The lowest BCUT2D eigenvalue weighted by Gasteiger charge is -2.42. The number of carbonyl (C=O) groups excluding carboxylic acids is 3. The number of aliphatic hydroxyl groups excluding tert-OH is 1. The highest BCUT2D eigenvalue weighted by Crippen LogP contribution is 2.29. The van der Waals surface area contributed by atoms with E-state index in [4.69, 9.17) is 4.74 Å². The first-order chi connectivity index (χ1) is 23.8. The standard InChI is InChI=1S/C39H51N5O6/c1-5-50-37(48)33-16-15-28(23-40-33)24-43-17-18-44(34(26-43)36(47)41-38(2,3)4)25-32(45)20-31(19-27-11-7-6-8-12-27)35(46)42-39(49)21-29-13-9-10-14-30(29)22-39/h6-16,23,31-32,34,45,49H,5,17-22,24-26H2,1-4H3,(H,41,47)(H,42,46). The van der Waals surface area contributed by atoms with Gasteiger partial charge in [-0.2, -0.15) is 0 Å². The molecule has 50 heavy (non-hydrogen) atoms. The van der Waals surface area contributed by atoms with Gasteiger partial charge in [-0.05, 0) is 68.9 Å². The van der Waals surface area contributed by atoms with Crippen LogP contribution >= 0.6 is 0 Å². The third-order valence-electron chi connectivity index (χ3n) is 9.23. The molecule has 268 valence electrons. The average molecular weight is 686 g/mol. The number of hydrogen-bond donors (Lipinski definition) is 4. The molecule has 1 saturated heterocycles. The van der Waals surface area contributed by atoms with Crippen molar-refractivity contribution in [3.05, 3.63) is 101 Å². The summed E-state index contributed by atoms with van der Waals surface area (Å²) < 4.78 is 5.04. The molecule has 1 aliphatic carbocycles. The van der Waals surface area contributed by atoms with Crippen LogP contribution in [0.4, 0.5) is 0 Å². The molecular formula is C39H51N5O6. The van der Waals surface area contributed by atoms with Crippen molar-refractivity contribution in [2.75, 3.05) is 32.8 Å². The molecule has 0 spiro atoms. The van der Waals surface area contributed by atoms with Crippen LogP contribution in [-0.2, 0) is 40.1 Å². The molecule has 2 aromatic carbocycles. The number of rotatable bonds is 13. The maximum absolute atomic E-state index is 13.8. The first kappa shape index (κ1) is 37.1. The number of fused-ring (bicyclic) bond motifs is 1. The topological polar surface area (TPSA) is 144 Å². The maximum atomic E-state index is 13.8. The summed E-state index contributed by atoms with van der Waals surface area (Å²) in [7, 11) is 0. The molecule has 3 unspecified atom stereocenters. The van der Waals surface area contributed by atoms with E-state index in [0.717, 1.165) is 22.3 Å². The molecule has 11 nitrogen and oxygen atoms in total. The molecule has 2 aliphatic rings. The van der Waals surface area contributed by atoms with Crippen molar-refractivity contribution in [1.82, 2.24) is 25.4 Å². The number of esters is 1. The van der Waals surface area contributed by atoms with Crippen LogP contribution in [0.1, 0.15) is 66.9 Å². The summed E-state index contributed by atoms with van der Waals surface area (Å²) in [5.41, 5.74) is 2.30. The Hall–Kier alpha value is -4.16. The fourth-order valence-corrected chi connectivity index (χ4v) is 6.91. The van der Waals surface area contributed by atoms with Gasteiger partial charge in [0, 0.05) is 63.2 Å². The van der Waals surface area contributed by atoms with Crippen LogP contribution in [0, 0.1) is 5.92 Å². The first-order valence-corrected chi connectivity index (χ1v) is 17.5.